The van der Waals surface area contributed by atoms with Gasteiger partial charge in [0.25, 0.3) is 10.1 Å². The first kappa shape index (κ1) is 12.2. The Balaban J connectivity index is 0.00000121. The van der Waals surface area contributed by atoms with Crippen molar-refractivity contribution < 1.29 is 42.5 Å². The van der Waals surface area contributed by atoms with Gasteiger partial charge in [-0.2, -0.15) is 13.6 Å². The number of H-pyrrole nitrogens is 1. The third-order valence-corrected chi connectivity index (χ3v) is 1.71. The van der Waals surface area contributed by atoms with Gasteiger partial charge in [0, 0.05) is 0 Å². The minimum atomic E-state index is -4.08. The molecule has 12 heavy (non-hydrogen) atoms. The first-order valence-electron chi connectivity index (χ1n) is 2.42. The number of aromatic amines is 1. The molecule has 0 amide bonds. The maximum absolute atomic E-state index is 10.3. The summed E-state index contributed by atoms with van der Waals surface area (Å²) in [7, 11) is -4.08. The van der Waals surface area contributed by atoms with Crippen LogP contribution in [0.5, 0.6) is 0 Å². The minimum absolute atomic E-state index is 0. The summed E-state index contributed by atoms with van der Waals surface area (Å²) in [5, 5.41) is 8.69. The third kappa shape index (κ3) is 3.74. The molecule has 0 fully saturated rings. The van der Waals surface area contributed by atoms with Crippen LogP contribution in [0.1, 0.15) is 0 Å². The largest absolute Gasteiger partial charge is 1.00 e. The number of hydrogen-bond acceptors (Lipinski definition) is 5. The summed E-state index contributed by atoms with van der Waals surface area (Å²) in [6.45, 7) is 0. The molecule has 1 rings (SSSR count). The molecule has 0 radical (unpaired) electrons. The number of nitrogens with one attached hydrogen (secondary N) is 1. The van der Waals surface area contributed by atoms with Gasteiger partial charge in [-0.3, -0.25) is 4.55 Å². The molecule has 0 bridgehead atoms. The van der Waals surface area contributed by atoms with E-state index in [0.29, 0.717) is 0 Å². The van der Waals surface area contributed by atoms with E-state index in [1.165, 1.54) is 0 Å². The van der Waals surface area contributed by atoms with Crippen molar-refractivity contribution >= 4 is 22.3 Å². The summed E-state index contributed by atoms with van der Waals surface area (Å²) < 4.78 is 29.8. The standard InChI is InChI=1S/C2H4N4O3S2.Na/c7-11(8,9)1-6-2(10)3-4-5-6;/h1H2,(H,3,5,10)(H,7,8,9);/q;+1. The Kier molecular flexibility index (Phi) is 4.51. The molecule has 1 aromatic heterocycles. The van der Waals surface area contributed by atoms with Gasteiger partial charge in [0.2, 0.25) is 4.77 Å². The minimum Gasteiger partial charge on any atom is -0.284 e. The summed E-state index contributed by atoms with van der Waals surface area (Å²) >= 11 is 4.54. The van der Waals surface area contributed by atoms with Gasteiger partial charge in [0.05, 0.1) is 0 Å². The first-order valence-corrected chi connectivity index (χ1v) is 4.44. The molecule has 0 saturated heterocycles. The van der Waals surface area contributed by atoms with Crippen molar-refractivity contribution in [2.45, 2.75) is 5.88 Å². The molecular formula is C2H4N4NaO3S2+. The van der Waals surface area contributed by atoms with Crippen LogP contribution < -0.4 is 29.6 Å². The van der Waals surface area contributed by atoms with Crippen LogP contribution in [0, 0.1) is 4.77 Å². The van der Waals surface area contributed by atoms with E-state index >= 15 is 0 Å². The summed E-state index contributed by atoms with van der Waals surface area (Å²) in [6.07, 6.45) is 0. The van der Waals surface area contributed by atoms with E-state index in [1.807, 2.05) is 0 Å². The molecule has 0 saturated carbocycles. The fraction of sp³-hybridized carbons (Fsp3) is 0.500. The normalized spacial score (nSPS) is 10.8. The van der Waals surface area contributed by atoms with E-state index in [-0.39, 0.29) is 34.3 Å². The molecule has 10 heteroatoms. The molecule has 2 N–H and O–H groups in total. The monoisotopic (exact) mass is 219 g/mol. The van der Waals surface area contributed by atoms with E-state index in [9.17, 15) is 8.42 Å². The van der Waals surface area contributed by atoms with Gasteiger partial charge < -0.3 is 0 Å². The smallest absolute Gasteiger partial charge is 0.284 e. The zero-order valence-corrected chi connectivity index (χ0v) is 9.76. The maximum atomic E-state index is 10.3. The second kappa shape index (κ2) is 4.44. The van der Waals surface area contributed by atoms with Gasteiger partial charge in [-0.05, 0) is 12.2 Å². The Morgan fingerprint density at radius 1 is 1.67 bits per heavy atom. The molecule has 0 aromatic carbocycles. The van der Waals surface area contributed by atoms with Crippen LogP contribution in [-0.4, -0.2) is 33.2 Å². The second-order valence-corrected chi connectivity index (χ2v) is 3.51. The predicted octanol–water partition coefficient (Wildman–Crippen LogP) is -3.82. The van der Waals surface area contributed by atoms with Gasteiger partial charge >= 0.3 is 29.6 Å². The van der Waals surface area contributed by atoms with E-state index in [2.05, 4.69) is 27.7 Å². The van der Waals surface area contributed by atoms with E-state index in [4.69, 9.17) is 4.55 Å². The van der Waals surface area contributed by atoms with Crippen LogP contribution in [0.25, 0.3) is 0 Å². The fourth-order valence-corrected chi connectivity index (χ4v) is 1.20. The number of rotatable bonds is 2. The molecule has 1 aromatic rings. The van der Waals surface area contributed by atoms with Crippen molar-refractivity contribution in [3.8, 4) is 0 Å². The number of tetrazole rings is 1. The molecule has 0 atom stereocenters. The van der Waals surface area contributed by atoms with Crippen LogP contribution in [0.4, 0.5) is 0 Å². The van der Waals surface area contributed by atoms with Gasteiger partial charge in [-0.15, -0.1) is 0 Å². The van der Waals surface area contributed by atoms with Crippen LogP contribution in [0.2, 0.25) is 0 Å². The van der Waals surface area contributed by atoms with Gasteiger partial charge in [-0.1, -0.05) is 10.3 Å². The Morgan fingerprint density at radius 2 is 2.25 bits per heavy atom. The van der Waals surface area contributed by atoms with E-state index in [0.717, 1.165) is 4.68 Å². The van der Waals surface area contributed by atoms with Crippen molar-refractivity contribution in [1.82, 2.24) is 20.2 Å². The SMILES string of the molecule is O=S(=O)(O)Cn1[nH]nnc1=S.[Na+]. The molecule has 1 heterocycles. The first-order chi connectivity index (χ1) is 4.99. The van der Waals surface area contributed by atoms with Crippen molar-refractivity contribution in [3.63, 3.8) is 0 Å². The molecule has 0 aliphatic rings. The average Bonchev–Trinajstić information content (AvgIpc) is 2.12. The van der Waals surface area contributed by atoms with Crippen LogP contribution in [0.3, 0.4) is 0 Å². The van der Waals surface area contributed by atoms with Crippen molar-refractivity contribution in [1.29, 1.82) is 0 Å². The summed E-state index contributed by atoms with van der Waals surface area (Å²) in [5.41, 5.74) is 0. The summed E-state index contributed by atoms with van der Waals surface area (Å²) in [6, 6.07) is 0. The number of hydrogen-bond donors (Lipinski definition) is 2. The average molecular weight is 219 g/mol. The van der Waals surface area contributed by atoms with E-state index < -0.39 is 16.0 Å². The molecular weight excluding hydrogens is 215 g/mol. The van der Waals surface area contributed by atoms with Gasteiger partial charge in [0.1, 0.15) is 0 Å². The van der Waals surface area contributed by atoms with Crippen molar-refractivity contribution in [3.05, 3.63) is 4.77 Å². The van der Waals surface area contributed by atoms with Gasteiger partial charge in [0.15, 0.2) is 5.88 Å². The number of aromatic nitrogens is 4. The Bertz CT molecular complexity index is 392. The molecule has 7 nitrogen and oxygen atoms in total. The number of nitrogens with zero attached hydrogens (tertiary/aromatic N) is 3. The molecule has 0 unspecified atom stereocenters. The van der Waals surface area contributed by atoms with E-state index in [1.54, 1.807) is 0 Å². The molecule has 0 aliphatic carbocycles. The second-order valence-electron chi connectivity index (χ2n) is 1.72. The van der Waals surface area contributed by atoms with Crippen LogP contribution in [-0.2, 0) is 16.0 Å². The third-order valence-electron chi connectivity index (χ3n) is 0.824. The zero-order chi connectivity index (χ0) is 8.48. The topological polar surface area (TPSA) is 101 Å². The fourth-order valence-electron chi connectivity index (χ4n) is 0.463. The molecule has 62 valence electrons. The molecule has 0 spiro atoms. The predicted molar refractivity (Wildman–Crippen MR) is 36.8 cm³/mol. The van der Waals surface area contributed by atoms with Crippen molar-refractivity contribution in [2.75, 3.05) is 0 Å². The van der Waals surface area contributed by atoms with Crippen LogP contribution >= 0.6 is 12.2 Å². The maximum Gasteiger partial charge on any atom is 1.00 e. The zero-order valence-electron chi connectivity index (χ0n) is 6.13. The summed E-state index contributed by atoms with van der Waals surface area (Å²) in [4.78, 5) is 0. The van der Waals surface area contributed by atoms with Gasteiger partial charge in [-0.25, -0.2) is 4.68 Å². The Morgan fingerprint density at radius 3 is 2.58 bits per heavy atom. The Hall–Kier alpha value is 0.200. The van der Waals surface area contributed by atoms with Crippen molar-refractivity contribution in [2.24, 2.45) is 0 Å². The van der Waals surface area contributed by atoms with Crippen LogP contribution in [0.15, 0.2) is 0 Å². The molecule has 0 aliphatic heterocycles. The Labute approximate surface area is 95.2 Å². The quantitative estimate of drug-likeness (QED) is 0.300. The summed E-state index contributed by atoms with van der Waals surface area (Å²) in [5.74, 6) is -0.654.